The number of hydrogen-bond acceptors (Lipinski definition) is 5. The minimum absolute atomic E-state index is 0.193. The highest BCUT2D eigenvalue weighted by Gasteiger charge is 2.13. The molecular weight excluding hydrogens is 346 g/mol. The summed E-state index contributed by atoms with van der Waals surface area (Å²) in [6, 6.07) is 13.8. The van der Waals surface area contributed by atoms with Gasteiger partial charge in [-0.25, -0.2) is 4.79 Å². The van der Waals surface area contributed by atoms with Crippen molar-refractivity contribution in [3.63, 3.8) is 0 Å². The third-order valence-corrected chi connectivity index (χ3v) is 3.78. The molecule has 6 heteroatoms. The fraction of sp³-hybridized carbons (Fsp3) is 0.286. The number of benzene rings is 2. The largest absolute Gasteiger partial charge is 0.482 e. The first-order valence-corrected chi connectivity index (χ1v) is 8.65. The van der Waals surface area contributed by atoms with Gasteiger partial charge in [-0.15, -0.1) is 0 Å². The van der Waals surface area contributed by atoms with E-state index in [9.17, 15) is 14.4 Å². The summed E-state index contributed by atoms with van der Waals surface area (Å²) >= 11 is 0. The van der Waals surface area contributed by atoms with E-state index in [4.69, 9.17) is 9.47 Å². The molecule has 0 radical (unpaired) electrons. The molecule has 27 heavy (non-hydrogen) atoms. The normalized spacial score (nSPS) is 10.4. The van der Waals surface area contributed by atoms with Gasteiger partial charge in [0.15, 0.2) is 19.0 Å². The van der Waals surface area contributed by atoms with Crippen LogP contribution in [0.3, 0.4) is 0 Å². The molecule has 1 amide bonds. The number of anilines is 1. The van der Waals surface area contributed by atoms with Gasteiger partial charge in [-0.1, -0.05) is 32.0 Å². The van der Waals surface area contributed by atoms with E-state index in [0.29, 0.717) is 17.0 Å². The number of amides is 1. The van der Waals surface area contributed by atoms with Crippen LogP contribution in [0.15, 0.2) is 48.5 Å². The predicted molar refractivity (Wildman–Crippen MR) is 102 cm³/mol. The molecule has 0 bridgehead atoms. The van der Waals surface area contributed by atoms with Crippen LogP contribution in [-0.2, 0) is 14.3 Å². The molecule has 0 aliphatic carbocycles. The minimum Gasteiger partial charge on any atom is -0.482 e. The Kier molecular flexibility index (Phi) is 7.11. The predicted octanol–water partition coefficient (Wildman–Crippen LogP) is 3.57. The molecular formula is C21H23NO5. The lowest BCUT2D eigenvalue weighted by atomic mass is 10.0. The van der Waals surface area contributed by atoms with Crippen molar-refractivity contribution in [3.8, 4) is 5.75 Å². The Balaban J connectivity index is 1.83. The smallest absolute Gasteiger partial charge is 0.344 e. The summed E-state index contributed by atoms with van der Waals surface area (Å²) in [5.41, 5.74) is 1.98. The van der Waals surface area contributed by atoms with E-state index in [0.717, 1.165) is 5.56 Å². The number of ether oxygens (including phenoxy) is 2. The molecule has 2 rings (SSSR count). The van der Waals surface area contributed by atoms with Crippen molar-refractivity contribution in [1.29, 1.82) is 0 Å². The van der Waals surface area contributed by atoms with Gasteiger partial charge < -0.3 is 14.8 Å². The zero-order valence-corrected chi connectivity index (χ0v) is 15.7. The van der Waals surface area contributed by atoms with E-state index >= 15 is 0 Å². The van der Waals surface area contributed by atoms with Crippen LogP contribution in [0, 0.1) is 0 Å². The minimum atomic E-state index is -0.614. The molecule has 0 aliphatic rings. The van der Waals surface area contributed by atoms with E-state index < -0.39 is 5.97 Å². The number of rotatable bonds is 8. The van der Waals surface area contributed by atoms with Gasteiger partial charge in [0.2, 0.25) is 5.91 Å². The Labute approximate surface area is 158 Å². The summed E-state index contributed by atoms with van der Waals surface area (Å²) in [5, 5.41) is 2.61. The Hall–Kier alpha value is -3.15. The van der Waals surface area contributed by atoms with Gasteiger partial charge in [0, 0.05) is 18.2 Å². The molecule has 0 aliphatic heterocycles. The Bertz CT molecular complexity index is 812. The second-order valence-electron chi connectivity index (χ2n) is 6.32. The zero-order valence-electron chi connectivity index (χ0n) is 15.7. The molecule has 0 heterocycles. The van der Waals surface area contributed by atoms with Crippen molar-refractivity contribution in [3.05, 3.63) is 59.7 Å². The van der Waals surface area contributed by atoms with Crippen molar-refractivity contribution >= 4 is 23.3 Å². The molecule has 0 unspecified atom stereocenters. The number of Topliss-reactive ketones (excluding diaryl/α,β-unsaturated/α-hetero) is 1. The third-order valence-electron chi connectivity index (χ3n) is 3.78. The fourth-order valence-corrected chi connectivity index (χ4v) is 2.44. The van der Waals surface area contributed by atoms with Crippen molar-refractivity contribution < 1.29 is 23.9 Å². The van der Waals surface area contributed by atoms with E-state index in [1.54, 1.807) is 30.3 Å². The molecule has 6 nitrogen and oxygen atoms in total. The average Bonchev–Trinajstić information content (AvgIpc) is 2.64. The molecule has 0 aromatic heterocycles. The average molecular weight is 369 g/mol. The van der Waals surface area contributed by atoms with Crippen LogP contribution in [0.2, 0.25) is 0 Å². The molecule has 0 saturated heterocycles. The number of carbonyl (C=O) groups is 3. The lowest BCUT2D eigenvalue weighted by Gasteiger charge is -2.13. The summed E-state index contributed by atoms with van der Waals surface area (Å²) in [6.45, 7) is 4.85. The highest BCUT2D eigenvalue weighted by Crippen LogP contribution is 2.25. The summed E-state index contributed by atoms with van der Waals surface area (Å²) in [4.78, 5) is 34.9. The van der Waals surface area contributed by atoms with Gasteiger partial charge in [-0.2, -0.15) is 0 Å². The number of esters is 1. The summed E-state index contributed by atoms with van der Waals surface area (Å²) in [5.74, 6) is -0.247. The van der Waals surface area contributed by atoms with Crippen LogP contribution in [0.4, 0.5) is 5.69 Å². The molecule has 0 saturated carbocycles. The van der Waals surface area contributed by atoms with Crippen LogP contribution in [0.1, 0.15) is 42.6 Å². The highest BCUT2D eigenvalue weighted by atomic mass is 16.6. The van der Waals surface area contributed by atoms with Crippen molar-refractivity contribution in [1.82, 2.24) is 0 Å². The Morgan fingerprint density at radius 2 is 1.63 bits per heavy atom. The lowest BCUT2D eigenvalue weighted by molar-refractivity contribution is -0.144. The van der Waals surface area contributed by atoms with Crippen molar-refractivity contribution in [2.45, 2.75) is 26.7 Å². The zero-order chi connectivity index (χ0) is 19.8. The molecule has 2 aromatic carbocycles. The Morgan fingerprint density at radius 1 is 0.963 bits per heavy atom. The van der Waals surface area contributed by atoms with Crippen LogP contribution in [0.5, 0.6) is 5.75 Å². The van der Waals surface area contributed by atoms with Gasteiger partial charge in [0.1, 0.15) is 5.75 Å². The summed E-state index contributed by atoms with van der Waals surface area (Å²) in [6.07, 6.45) is 0. The van der Waals surface area contributed by atoms with Crippen LogP contribution >= 0.6 is 0 Å². The summed E-state index contributed by atoms with van der Waals surface area (Å²) < 4.78 is 10.5. The molecule has 142 valence electrons. The second-order valence-corrected chi connectivity index (χ2v) is 6.32. The second kappa shape index (κ2) is 9.52. The maximum atomic E-state index is 12.1. The van der Waals surface area contributed by atoms with Gasteiger partial charge >= 0.3 is 5.97 Å². The van der Waals surface area contributed by atoms with Gasteiger partial charge in [-0.3, -0.25) is 9.59 Å². The first kappa shape index (κ1) is 20.2. The van der Waals surface area contributed by atoms with E-state index in [2.05, 4.69) is 5.32 Å². The number of hydrogen-bond donors (Lipinski definition) is 1. The van der Waals surface area contributed by atoms with E-state index in [1.807, 2.05) is 32.0 Å². The maximum absolute atomic E-state index is 12.1. The third kappa shape index (κ3) is 6.26. The van der Waals surface area contributed by atoms with Crippen molar-refractivity contribution in [2.24, 2.45) is 0 Å². The Morgan fingerprint density at radius 3 is 2.26 bits per heavy atom. The maximum Gasteiger partial charge on any atom is 0.344 e. The number of ketones is 1. The van der Waals surface area contributed by atoms with Crippen LogP contribution < -0.4 is 10.1 Å². The number of para-hydroxylation sites is 1. The van der Waals surface area contributed by atoms with E-state index in [1.165, 1.54) is 6.92 Å². The molecule has 2 aromatic rings. The lowest BCUT2D eigenvalue weighted by Crippen LogP contribution is -2.20. The highest BCUT2D eigenvalue weighted by molar-refractivity contribution is 5.98. The molecule has 0 fully saturated rings. The summed E-state index contributed by atoms with van der Waals surface area (Å²) in [7, 11) is 0. The fourth-order valence-electron chi connectivity index (χ4n) is 2.44. The molecule has 0 atom stereocenters. The monoisotopic (exact) mass is 369 g/mol. The molecule has 0 spiro atoms. The van der Waals surface area contributed by atoms with Crippen LogP contribution in [0.25, 0.3) is 0 Å². The van der Waals surface area contributed by atoms with Crippen LogP contribution in [-0.4, -0.2) is 30.9 Å². The van der Waals surface area contributed by atoms with Gasteiger partial charge in [0.25, 0.3) is 0 Å². The first-order chi connectivity index (χ1) is 12.9. The van der Waals surface area contributed by atoms with Gasteiger partial charge in [-0.05, 0) is 41.8 Å². The molecule has 1 N–H and O–H groups in total. The van der Waals surface area contributed by atoms with Gasteiger partial charge in [0.05, 0.1) is 0 Å². The first-order valence-electron chi connectivity index (χ1n) is 8.65. The number of nitrogens with one attached hydrogen (secondary N) is 1. The standard InChI is InChI=1S/C21H23NO5/c1-14(2)18-6-4-5-7-20(18)26-13-21(25)27-12-19(24)16-8-10-17(11-9-16)22-15(3)23/h4-11,14H,12-13H2,1-3H3,(H,22,23). The van der Waals surface area contributed by atoms with E-state index in [-0.39, 0.29) is 30.8 Å². The topological polar surface area (TPSA) is 81.7 Å². The quantitative estimate of drug-likeness (QED) is 0.568. The SMILES string of the molecule is CC(=O)Nc1ccc(C(=O)COC(=O)COc2ccccc2C(C)C)cc1. The van der Waals surface area contributed by atoms with Crippen molar-refractivity contribution in [2.75, 3.05) is 18.5 Å². The number of carbonyl (C=O) groups excluding carboxylic acids is 3.